The summed E-state index contributed by atoms with van der Waals surface area (Å²) < 4.78 is 0.495. The number of benzene rings is 1. The monoisotopic (exact) mass is 514 g/mol. The fourth-order valence-corrected chi connectivity index (χ4v) is 3.64. The van der Waals surface area contributed by atoms with Gasteiger partial charge in [0, 0.05) is 12.2 Å². The van der Waals surface area contributed by atoms with Crippen molar-refractivity contribution in [3.63, 3.8) is 0 Å². The van der Waals surface area contributed by atoms with E-state index < -0.39 is 11.9 Å². The van der Waals surface area contributed by atoms with Crippen LogP contribution in [0.15, 0.2) is 47.7 Å². The molecule has 8 nitrogen and oxygen atoms in total. The van der Waals surface area contributed by atoms with Gasteiger partial charge in [0.2, 0.25) is 0 Å². The Morgan fingerprint density at radius 1 is 1.34 bits per heavy atom. The van der Waals surface area contributed by atoms with Gasteiger partial charge in [-0.25, -0.2) is 9.99 Å². The van der Waals surface area contributed by atoms with Crippen LogP contribution in [0.3, 0.4) is 0 Å². The maximum absolute atomic E-state index is 13.3. The Kier molecular flexibility index (Phi) is 7.28. The number of aromatic nitrogens is 1. The zero-order chi connectivity index (χ0) is 23.4. The van der Waals surface area contributed by atoms with Crippen LogP contribution in [0.2, 0.25) is 5.02 Å². The number of hydrogen-bond acceptors (Lipinski definition) is 6. The number of pyridine rings is 1. The minimum Gasteiger partial charge on any atom is -0.350 e. The molecule has 164 valence electrons. The van der Waals surface area contributed by atoms with Gasteiger partial charge in [0.15, 0.2) is 11.9 Å². The molecule has 1 unspecified atom stereocenters. The SMILES string of the molecule is Cc1cc(C#N)cc(C(=O)NC(C)C)c1NC(=O)C1C=CC(Br)=NN1c1ncccc1Cl. The fourth-order valence-electron chi connectivity index (χ4n) is 3.11. The second-order valence-corrected chi connectivity index (χ2v) is 8.54. The van der Waals surface area contributed by atoms with Crippen LogP contribution in [-0.4, -0.2) is 33.5 Å². The third-order valence-electron chi connectivity index (χ3n) is 4.48. The van der Waals surface area contributed by atoms with Crippen LogP contribution < -0.4 is 15.6 Å². The molecule has 1 aliphatic rings. The summed E-state index contributed by atoms with van der Waals surface area (Å²) in [6, 6.07) is 7.45. The normalized spacial score (nSPS) is 15.2. The van der Waals surface area contributed by atoms with Crippen molar-refractivity contribution in [2.75, 3.05) is 10.3 Å². The van der Waals surface area contributed by atoms with Crippen molar-refractivity contribution in [2.24, 2.45) is 5.10 Å². The van der Waals surface area contributed by atoms with Gasteiger partial charge in [-0.15, -0.1) is 0 Å². The number of allylic oxidation sites excluding steroid dienone is 1. The predicted molar refractivity (Wildman–Crippen MR) is 128 cm³/mol. The lowest BCUT2D eigenvalue weighted by atomic mass is 10.0. The van der Waals surface area contributed by atoms with Crippen molar-refractivity contribution in [3.05, 3.63) is 64.3 Å². The molecule has 1 atom stereocenters. The Balaban J connectivity index is 1.99. The number of amides is 2. The Hall–Kier alpha value is -3.22. The standard InChI is InChI=1S/C22H20BrClN6O2/c1-12(2)27-21(31)15-10-14(11-25)9-13(3)19(15)28-22(32)17-6-7-18(23)29-30(17)20-16(24)5-4-8-26-20/h4-10,12,17H,1-3H3,(H,27,31)(H,28,32). The average molecular weight is 516 g/mol. The zero-order valence-corrected chi connectivity index (χ0v) is 19.9. The number of nitrogens with one attached hydrogen (secondary N) is 2. The average Bonchev–Trinajstić information content (AvgIpc) is 2.74. The van der Waals surface area contributed by atoms with Crippen LogP contribution in [0, 0.1) is 18.3 Å². The van der Waals surface area contributed by atoms with Gasteiger partial charge in [0.25, 0.3) is 11.8 Å². The molecular formula is C22H20BrClN6O2. The van der Waals surface area contributed by atoms with Gasteiger partial charge in [0.05, 0.1) is 27.9 Å². The summed E-state index contributed by atoms with van der Waals surface area (Å²) in [6.45, 7) is 5.38. The van der Waals surface area contributed by atoms with E-state index in [2.05, 4.69) is 36.6 Å². The summed E-state index contributed by atoms with van der Waals surface area (Å²) in [4.78, 5) is 30.3. The molecule has 0 radical (unpaired) electrons. The first-order chi connectivity index (χ1) is 15.2. The summed E-state index contributed by atoms with van der Waals surface area (Å²) in [5, 5.41) is 21.0. The van der Waals surface area contributed by atoms with Crippen molar-refractivity contribution in [1.29, 1.82) is 5.26 Å². The number of carbonyl (C=O) groups is 2. The molecule has 2 aromatic rings. The number of halogens is 2. The van der Waals surface area contributed by atoms with Crippen molar-refractivity contribution in [3.8, 4) is 6.07 Å². The maximum atomic E-state index is 13.3. The maximum Gasteiger partial charge on any atom is 0.253 e. The summed E-state index contributed by atoms with van der Waals surface area (Å²) in [5.41, 5.74) is 1.43. The van der Waals surface area contributed by atoms with Crippen LogP contribution in [0.4, 0.5) is 11.5 Å². The molecule has 2 heterocycles. The quantitative estimate of drug-likeness (QED) is 0.622. The Morgan fingerprint density at radius 3 is 2.75 bits per heavy atom. The van der Waals surface area contributed by atoms with E-state index in [1.54, 1.807) is 43.5 Å². The van der Waals surface area contributed by atoms with Crippen molar-refractivity contribution >= 4 is 55.5 Å². The number of anilines is 2. The van der Waals surface area contributed by atoms with Crippen LogP contribution in [0.25, 0.3) is 0 Å². The minimum atomic E-state index is -0.875. The molecule has 1 aliphatic heterocycles. The number of hydrogen-bond donors (Lipinski definition) is 2. The molecule has 2 amide bonds. The number of nitriles is 1. The molecule has 10 heteroatoms. The third-order valence-corrected chi connectivity index (χ3v) is 5.20. The van der Waals surface area contributed by atoms with Gasteiger partial charge in [-0.3, -0.25) is 9.59 Å². The van der Waals surface area contributed by atoms with Crippen LogP contribution in [-0.2, 0) is 4.79 Å². The van der Waals surface area contributed by atoms with E-state index in [1.807, 2.05) is 19.9 Å². The molecule has 0 aliphatic carbocycles. The largest absolute Gasteiger partial charge is 0.350 e. The summed E-state index contributed by atoms with van der Waals surface area (Å²) in [6.07, 6.45) is 4.84. The van der Waals surface area contributed by atoms with Gasteiger partial charge in [-0.2, -0.15) is 10.4 Å². The summed E-state index contributed by atoms with van der Waals surface area (Å²) >= 11 is 9.59. The van der Waals surface area contributed by atoms with Crippen LogP contribution in [0.1, 0.15) is 35.3 Å². The zero-order valence-electron chi connectivity index (χ0n) is 17.6. The number of hydrazone groups is 1. The Morgan fingerprint density at radius 2 is 2.09 bits per heavy atom. The molecule has 0 fully saturated rings. The Labute approximate surface area is 199 Å². The van der Waals surface area contributed by atoms with E-state index in [9.17, 15) is 14.9 Å². The highest BCUT2D eigenvalue weighted by atomic mass is 79.9. The molecule has 32 heavy (non-hydrogen) atoms. The highest BCUT2D eigenvalue weighted by Crippen LogP contribution is 2.29. The summed E-state index contributed by atoms with van der Waals surface area (Å²) in [7, 11) is 0. The Bertz CT molecular complexity index is 1170. The number of nitrogens with zero attached hydrogens (tertiary/aromatic N) is 4. The number of carbonyl (C=O) groups excluding carboxylic acids is 2. The lowest BCUT2D eigenvalue weighted by Crippen LogP contribution is -2.43. The highest BCUT2D eigenvalue weighted by molar-refractivity contribution is 9.18. The predicted octanol–water partition coefficient (Wildman–Crippen LogP) is 4.15. The van der Waals surface area contributed by atoms with Crippen LogP contribution >= 0.6 is 27.5 Å². The van der Waals surface area contributed by atoms with E-state index in [0.717, 1.165) is 0 Å². The van der Waals surface area contributed by atoms with Crippen LogP contribution in [0.5, 0.6) is 0 Å². The van der Waals surface area contributed by atoms with E-state index in [-0.39, 0.29) is 17.5 Å². The second kappa shape index (κ2) is 9.94. The molecule has 3 rings (SSSR count). The molecule has 2 N–H and O–H groups in total. The van der Waals surface area contributed by atoms with Gasteiger partial charge in [-0.1, -0.05) is 11.6 Å². The molecule has 0 saturated heterocycles. The van der Waals surface area contributed by atoms with Gasteiger partial charge >= 0.3 is 0 Å². The molecule has 1 aromatic carbocycles. The summed E-state index contributed by atoms with van der Waals surface area (Å²) in [5.74, 6) is -0.525. The lowest BCUT2D eigenvalue weighted by Gasteiger charge is -2.28. The van der Waals surface area contributed by atoms with E-state index in [4.69, 9.17) is 11.6 Å². The highest BCUT2D eigenvalue weighted by Gasteiger charge is 2.30. The number of aryl methyl sites for hydroxylation is 1. The van der Waals surface area contributed by atoms with E-state index in [0.29, 0.717) is 32.3 Å². The van der Waals surface area contributed by atoms with Gasteiger partial charge in [-0.05, 0) is 78.7 Å². The second-order valence-electron chi connectivity index (χ2n) is 7.33. The van der Waals surface area contributed by atoms with E-state index in [1.165, 1.54) is 11.1 Å². The van der Waals surface area contributed by atoms with Crippen molar-refractivity contribution in [1.82, 2.24) is 10.3 Å². The minimum absolute atomic E-state index is 0.119. The molecule has 0 spiro atoms. The first kappa shape index (κ1) is 23.4. The molecule has 0 saturated carbocycles. The smallest absolute Gasteiger partial charge is 0.253 e. The first-order valence-corrected chi connectivity index (χ1v) is 10.9. The molecular weight excluding hydrogens is 496 g/mol. The molecule has 1 aromatic heterocycles. The topological polar surface area (TPSA) is 110 Å². The van der Waals surface area contributed by atoms with Crippen molar-refractivity contribution < 1.29 is 9.59 Å². The van der Waals surface area contributed by atoms with E-state index >= 15 is 0 Å². The first-order valence-electron chi connectivity index (χ1n) is 9.69. The van der Waals surface area contributed by atoms with Gasteiger partial charge < -0.3 is 10.6 Å². The third kappa shape index (κ3) is 5.15. The van der Waals surface area contributed by atoms with Crippen molar-refractivity contribution in [2.45, 2.75) is 32.9 Å². The lowest BCUT2D eigenvalue weighted by molar-refractivity contribution is -0.116. The fraction of sp³-hybridized carbons (Fsp3) is 0.227. The number of rotatable bonds is 5. The molecule has 0 bridgehead atoms. The van der Waals surface area contributed by atoms with Gasteiger partial charge in [0.1, 0.15) is 4.62 Å².